The second-order valence-electron chi connectivity index (χ2n) is 9.80. The number of hydrogen-bond donors (Lipinski definition) is 1. The number of fused-ring (bicyclic) bond motifs is 1. The van der Waals surface area contributed by atoms with Gasteiger partial charge in [0.15, 0.2) is 0 Å². The summed E-state index contributed by atoms with van der Waals surface area (Å²) in [5.74, 6) is 3.00. The highest BCUT2D eigenvalue weighted by Crippen LogP contribution is 2.46. The van der Waals surface area contributed by atoms with E-state index < -0.39 is 0 Å². The highest BCUT2D eigenvalue weighted by molar-refractivity contribution is 5.77. The summed E-state index contributed by atoms with van der Waals surface area (Å²) in [6.45, 7) is 3.81. The van der Waals surface area contributed by atoms with E-state index in [-0.39, 0.29) is 17.4 Å². The Morgan fingerprint density at radius 3 is 2.59 bits per heavy atom. The lowest BCUT2D eigenvalue weighted by atomic mass is 9.76. The van der Waals surface area contributed by atoms with Crippen molar-refractivity contribution in [2.24, 2.45) is 5.92 Å². The van der Waals surface area contributed by atoms with Crippen LogP contribution in [0.2, 0.25) is 0 Å². The number of amides is 1. The van der Waals surface area contributed by atoms with Crippen LogP contribution < -0.4 is 14.8 Å². The number of carbonyl (C=O) groups is 1. The number of methoxy groups -OCH3 is 1. The van der Waals surface area contributed by atoms with E-state index in [0.717, 1.165) is 56.9 Å². The fourth-order valence-corrected chi connectivity index (χ4v) is 5.22. The number of ether oxygens (including phenoxy) is 2. The van der Waals surface area contributed by atoms with Gasteiger partial charge in [0.25, 0.3) is 0 Å². The van der Waals surface area contributed by atoms with Crippen LogP contribution in [-0.4, -0.2) is 43.2 Å². The van der Waals surface area contributed by atoms with E-state index in [1.54, 1.807) is 7.11 Å². The molecule has 1 atom stereocenters. The Morgan fingerprint density at radius 2 is 1.88 bits per heavy atom. The maximum absolute atomic E-state index is 12.7. The van der Waals surface area contributed by atoms with Gasteiger partial charge in [-0.25, -0.2) is 0 Å². The van der Waals surface area contributed by atoms with Crippen molar-refractivity contribution in [1.82, 2.24) is 10.2 Å². The monoisotopic (exact) mass is 434 g/mol. The Kier molecular flexibility index (Phi) is 6.09. The van der Waals surface area contributed by atoms with Gasteiger partial charge in [0.2, 0.25) is 5.91 Å². The number of hydrogen-bond acceptors (Lipinski definition) is 4. The van der Waals surface area contributed by atoms with E-state index in [0.29, 0.717) is 12.3 Å². The van der Waals surface area contributed by atoms with Gasteiger partial charge in [0, 0.05) is 38.5 Å². The van der Waals surface area contributed by atoms with Crippen LogP contribution >= 0.6 is 0 Å². The summed E-state index contributed by atoms with van der Waals surface area (Å²) in [5.41, 5.74) is 2.34. The summed E-state index contributed by atoms with van der Waals surface area (Å²) in [4.78, 5) is 15.2. The normalized spacial score (nSPS) is 22.1. The van der Waals surface area contributed by atoms with Crippen LogP contribution in [0.4, 0.5) is 0 Å². The summed E-state index contributed by atoms with van der Waals surface area (Å²) >= 11 is 0. The van der Waals surface area contributed by atoms with Crippen molar-refractivity contribution in [3.8, 4) is 11.5 Å². The molecule has 2 aromatic rings. The topological polar surface area (TPSA) is 50.8 Å². The Balaban J connectivity index is 1.22. The van der Waals surface area contributed by atoms with E-state index >= 15 is 0 Å². The predicted octanol–water partition coefficient (Wildman–Crippen LogP) is 4.51. The first-order valence-electron chi connectivity index (χ1n) is 12.0. The highest BCUT2D eigenvalue weighted by Gasteiger charge is 2.43. The standard InChI is InChI=1S/C27H34N2O3/c1-31-23-10-8-21(9-11-23)19-29-14-12-27(13-15-29)17-22(16-26(30)28-18-20-6-7-20)24-4-2-3-5-25(24)32-27/h2-5,8-11,20,22H,6-7,12-19H2,1H3,(H,28,30)/t22-/m0/s1. The molecule has 5 rings (SSSR count). The number of piperidine rings is 1. The van der Waals surface area contributed by atoms with Crippen LogP contribution in [0, 0.1) is 5.92 Å². The van der Waals surface area contributed by atoms with Gasteiger partial charge in [-0.05, 0) is 67.3 Å². The fraction of sp³-hybridized carbons (Fsp3) is 0.519. The number of likely N-dealkylation sites (tertiary alicyclic amines) is 1. The zero-order valence-corrected chi connectivity index (χ0v) is 19.0. The van der Waals surface area contributed by atoms with Crippen molar-refractivity contribution < 1.29 is 14.3 Å². The quantitative estimate of drug-likeness (QED) is 0.697. The molecule has 0 aromatic heterocycles. The van der Waals surface area contributed by atoms with Crippen LogP contribution in [0.5, 0.6) is 11.5 Å². The number of carbonyl (C=O) groups excluding carboxylic acids is 1. The second-order valence-corrected chi connectivity index (χ2v) is 9.80. The lowest BCUT2D eigenvalue weighted by Gasteiger charge is -2.47. The minimum absolute atomic E-state index is 0.161. The van der Waals surface area contributed by atoms with Gasteiger partial charge in [-0.3, -0.25) is 9.69 Å². The van der Waals surface area contributed by atoms with Gasteiger partial charge in [0.1, 0.15) is 17.1 Å². The zero-order chi connectivity index (χ0) is 22.0. The van der Waals surface area contributed by atoms with E-state index in [2.05, 4.69) is 40.5 Å². The first kappa shape index (κ1) is 21.3. The molecule has 0 bridgehead atoms. The van der Waals surface area contributed by atoms with Crippen molar-refractivity contribution in [3.63, 3.8) is 0 Å². The van der Waals surface area contributed by atoms with Gasteiger partial charge < -0.3 is 14.8 Å². The third-order valence-corrected chi connectivity index (χ3v) is 7.35. The highest BCUT2D eigenvalue weighted by atomic mass is 16.5. The molecular formula is C27H34N2O3. The lowest BCUT2D eigenvalue weighted by Crippen LogP contribution is -2.50. The summed E-state index contributed by atoms with van der Waals surface area (Å²) in [6.07, 6.45) is 6.00. The molecule has 32 heavy (non-hydrogen) atoms. The molecule has 1 saturated carbocycles. The maximum Gasteiger partial charge on any atom is 0.220 e. The predicted molar refractivity (Wildman–Crippen MR) is 125 cm³/mol. The van der Waals surface area contributed by atoms with Crippen LogP contribution in [-0.2, 0) is 11.3 Å². The summed E-state index contributed by atoms with van der Waals surface area (Å²) in [6, 6.07) is 16.7. The van der Waals surface area contributed by atoms with Gasteiger partial charge in [-0.15, -0.1) is 0 Å². The van der Waals surface area contributed by atoms with Crippen LogP contribution in [0.15, 0.2) is 48.5 Å². The largest absolute Gasteiger partial charge is 0.497 e. The van der Waals surface area contributed by atoms with Gasteiger partial charge >= 0.3 is 0 Å². The number of nitrogens with zero attached hydrogens (tertiary/aromatic N) is 1. The van der Waals surface area contributed by atoms with E-state index in [1.165, 1.54) is 24.0 Å². The number of benzene rings is 2. The molecule has 170 valence electrons. The molecule has 1 aliphatic carbocycles. The molecule has 5 nitrogen and oxygen atoms in total. The molecule has 1 spiro atoms. The molecule has 2 aromatic carbocycles. The Hall–Kier alpha value is -2.53. The average Bonchev–Trinajstić information content (AvgIpc) is 3.65. The lowest BCUT2D eigenvalue weighted by molar-refractivity contribution is -0.122. The summed E-state index contributed by atoms with van der Waals surface area (Å²) in [5, 5.41) is 3.16. The van der Waals surface area contributed by atoms with Crippen molar-refractivity contribution in [3.05, 3.63) is 59.7 Å². The number of rotatable bonds is 7. The summed E-state index contributed by atoms with van der Waals surface area (Å²) < 4.78 is 11.9. The molecule has 2 aliphatic heterocycles. The minimum atomic E-state index is -0.161. The SMILES string of the molecule is COc1ccc(CN2CCC3(CC2)C[C@H](CC(=O)NCC2CC2)c2ccccc2O3)cc1. The first-order valence-corrected chi connectivity index (χ1v) is 12.0. The van der Waals surface area contributed by atoms with E-state index in [1.807, 2.05) is 18.2 Å². The molecule has 5 heteroatoms. The summed E-state index contributed by atoms with van der Waals surface area (Å²) in [7, 11) is 1.70. The number of nitrogens with one attached hydrogen (secondary N) is 1. The molecule has 1 amide bonds. The molecule has 0 radical (unpaired) electrons. The molecule has 2 fully saturated rings. The first-order chi connectivity index (χ1) is 15.6. The zero-order valence-electron chi connectivity index (χ0n) is 19.0. The van der Waals surface area contributed by atoms with E-state index in [9.17, 15) is 4.79 Å². The van der Waals surface area contributed by atoms with Crippen LogP contribution in [0.1, 0.15) is 55.6 Å². The van der Waals surface area contributed by atoms with Gasteiger partial charge in [-0.1, -0.05) is 30.3 Å². The third-order valence-electron chi connectivity index (χ3n) is 7.35. The molecule has 1 N–H and O–H groups in total. The van der Waals surface area contributed by atoms with Crippen molar-refractivity contribution >= 4 is 5.91 Å². The van der Waals surface area contributed by atoms with Gasteiger partial charge in [0.05, 0.1) is 7.11 Å². The van der Waals surface area contributed by atoms with Gasteiger partial charge in [-0.2, -0.15) is 0 Å². The second kappa shape index (κ2) is 9.14. The van der Waals surface area contributed by atoms with Crippen molar-refractivity contribution in [2.75, 3.05) is 26.7 Å². The van der Waals surface area contributed by atoms with Crippen molar-refractivity contribution in [1.29, 1.82) is 0 Å². The average molecular weight is 435 g/mol. The Morgan fingerprint density at radius 1 is 1.12 bits per heavy atom. The smallest absolute Gasteiger partial charge is 0.220 e. The Labute approximate surface area is 191 Å². The molecule has 3 aliphatic rings. The van der Waals surface area contributed by atoms with Crippen LogP contribution in [0.3, 0.4) is 0 Å². The minimum Gasteiger partial charge on any atom is -0.497 e. The molecule has 1 saturated heterocycles. The molecular weight excluding hydrogens is 400 g/mol. The maximum atomic E-state index is 12.7. The number of para-hydroxylation sites is 1. The molecule has 0 unspecified atom stereocenters. The fourth-order valence-electron chi connectivity index (χ4n) is 5.22. The molecule has 2 heterocycles. The third kappa shape index (κ3) is 4.93. The van der Waals surface area contributed by atoms with Crippen molar-refractivity contribution in [2.45, 2.75) is 56.6 Å². The van der Waals surface area contributed by atoms with E-state index in [4.69, 9.17) is 9.47 Å². The van der Waals surface area contributed by atoms with Crippen LogP contribution in [0.25, 0.3) is 0 Å². The Bertz CT molecular complexity index is 930.